The molecule has 18 heavy (non-hydrogen) atoms. The van der Waals surface area contributed by atoms with Gasteiger partial charge in [-0.05, 0) is 36.5 Å². The lowest BCUT2D eigenvalue weighted by molar-refractivity contribution is -0.136. The second-order valence-electron chi connectivity index (χ2n) is 5.32. The van der Waals surface area contributed by atoms with Crippen LogP contribution in [0.4, 0.5) is 24.5 Å². The molecule has 1 saturated carbocycles. The van der Waals surface area contributed by atoms with Crippen molar-refractivity contribution in [3.63, 3.8) is 0 Å². The first kappa shape index (κ1) is 13.1. The highest BCUT2D eigenvalue weighted by Gasteiger charge is 2.35. The zero-order valence-electron chi connectivity index (χ0n) is 10.3. The zero-order chi connectivity index (χ0) is 13.4. The summed E-state index contributed by atoms with van der Waals surface area (Å²) >= 11 is 0. The van der Waals surface area contributed by atoms with E-state index >= 15 is 0 Å². The van der Waals surface area contributed by atoms with Gasteiger partial charge in [0.15, 0.2) is 0 Å². The summed E-state index contributed by atoms with van der Waals surface area (Å²) in [6.07, 6.45) is -1.09. The summed E-state index contributed by atoms with van der Waals surface area (Å²) in [5.74, 6) is 0. The number of anilines is 2. The normalized spacial score (nSPS) is 18.2. The van der Waals surface area contributed by atoms with Gasteiger partial charge in [0.2, 0.25) is 0 Å². The predicted octanol–water partition coefficient (Wildman–Crippen LogP) is 3.89. The predicted molar refractivity (Wildman–Crippen MR) is 66.3 cm³/mol. The van der Waals surface area contributed by atoms with Crippen molar-refractivity contribution < 1.29 is 13.2 Å². The van der Waals surface area contributed by atoms with Crippen LogP contribution in [0.25, 0.3) is 0 Å². The maximum absolute atomic E-state index is 12.8. The van der Waals surface area contributed by atoms with E-state index in [2.05, 4.69) is 12.2 Å². The van der Waals surface area contributed by atoms with Crippen molar-refractivity contribution >= 4 is 11.4 Å². The van der Waals surface area contributed by atoms with Crippen molar-refractivity contribution in [3.8, 4) is 0 Å². The Morgan fingerprint density at radius 2 is 2.00 bits per heavy atom. The molecule has 0 bridgehead atoms. The van der Waals surface area contributed by atoms with Crippen LogP contribution in [0.2, 0.25) is 0 Å². The van der Waals surface area contributed by atoms with Gasteiger partial charge in [0.25, 0.3) is 0 Å². The van der Waals surface area contributed by atoms with Gasteiger partial charge >= 0.3 is 6.18 Å². The van der Waals surface area contributed by atoms with Gasteiger partial charge in [-0.25, -0.2) is 0 Å². The first-order chi connectivity index (χ1) is 8.30. The van der Waals surface area contributed by atoms with E-state index in [-0.39, 0.29) is 16.8 Å². The minimum Gasteiger partial charge on any atom is -0.399 e. The maximum Gasteiger partial charge on any atom is 0.418 e. The Morgan fingerprint density at radius 1 is 1.33 bits per heavy atom. The summed E-state index contributed by atoms with van der Waals surface area (Å²) in [6, 6.07) is 3.87. The van der Waals surface area contributed by atoms with Crippen LogP contribution in [0, 0.1) is 5.41 Å². The minimum atomic E-state index is -4.38. The molecule has 0 radical (unpaired) electrons. The molecule has 0 atom stereocenters. The van der Waals surface area contributed by atoms with E-state index in [9.17, 15) is 13.2 Å². The van der Waals surface area contributed by atoms with Gasteiger partial charge in [-0.1, -0.05) is 13.3 Å². The molecule has 0 aliphatic heterocycles. The fourth-order valence-corrected chi connectivity index (χ4v) is 2.22. The molecule has 0 saturated heterocycles. The summed E-state index contributed by atoms with van der Waals surface area (Å²) in [6.45, 7) is 2.66. The van der Waals surface area contributed by atoms with Crippen LogP contribution in [-0.4, -0.2) is 6.54 Å². The van der Waals surface area contributed by atoms with Crippen LogP contribution in [-0.2, 0) is 6.18 Å². The summed E-state index contributed by atoms with van der Waals surface area (Å²) < 4.78 is 38.5. The van der Waals surface area contributed by atoms with Crippen molar-refractivity contribution in [2.75, 3.05) is 17.6 Å². The Balaban J connectivity index is 2.16. The number of hydrogen-bond donors (Lipinski definition) is 2. The van der Waals surface area contributed by atoms with Gasteiger partial charge in [-0.3, -0.25) is 0 Å². The van der Waals surface area contributed by atoms with Crippen molar-refractivity contribution in [2.45, 2.75) is 32.4 Å². The quantitative estimate of drug-likeness (QED) is 0.807. The van der Waals surface area contributed by atoms with Crippen LogP contribution in [0.5, 0.6) is 0 Å². The maximum atomic E-state index is 12.8. The van der Waals surface area contributed by atoms with E-state index in [4.69, 9.17) is 5.73 Å². The lowest BCUT2D eigenvalue weighted by Crippen LogP contribution is -2.33. The summed E-state index contributed by atoms with van der Waals surface area (Å²) in [5.41, 5.74) is 5.10. The number of rotatable bonds is 3. The molecule has 100 valence electrons. The molecule has 1 aromatic rings. The number of nitrogens with two attached hydrogens (primary N) is 1. The summed E-state index contributed by atoms with van der Waals surface area (Å²) in [7, 11) is 0. The molecule has 1 fully saturated rings. The van der Waals surface area contributed by atoms with Crippen LogP contribution < -0.4 is 11.1 Å². The average molecular weight is 258 g/mol. The highest BCUT2D eigenvalue weighted by Crippen LogP contribution is 2.41. The van der Waals surface area contributed by atoms with E-state index in [0.29, 0.717) is 6.54 Å². The molecule has 0 heterocycles. The first-order valence-electron chi connectivity index (χ1n) is 6.01. The monoisotopic (exact) mass is 258 g/mol. The third kappa shape index (κ3) is 2.71. The number of nitrogen functional groups attached to an aromatic ring is 1. The van der Waals surface area contributed by atoms with Crippen molar-refractivity contribution in [3.05, 3.63) is 23.8 Å². The van der Waals surface area contributed by atoms with Crippen LogP contribution in [0.15, 0.2) is 18.2 Å². The first-order valence-corrected chi connectivity index (χ1v) is 6.01. The van der Waals surface area contributed by atoms with Gasteiger partial charge in [0.1, 0.15) is 0 Å². The number of nitrogens with one attached hydrogen (secondary N) is 1. The lowest BCUT2D eigenvalue weighted by atomic mass is 9.70. The molecule has 0 spiro atoms. The van der Waals surface area contributed by atoms with Crippen molar-refractivity contribution in [1.29, 1.82) is 0 Å². The van der Waals surface area contributed by atoms with E-state index in [0.717, 1.165) is 25.3 Å². The van der Waals surface area contributed by atoms with Gasteiger partial charge in [-0.15, -0.1) is 0 Å². The van der Waals surface area contributed by atoms with E-state index in [1.807, 2.05) is 0 Å². The second kappa shape index (κ2) is 4.37. The molecule has 1 aromatic carbocycles. The summed E-state index contributed by atoms with van der Waals surface area (Å²) in [5, 5.41) is 2.91. The lowest BCUT2D eigenvalue weighted by Gasteiger charge is -2.39. The highest BCUT2D eigenvalue weighted by atomic mass is 19.4. The average Bonchev–Trinajstić information content (AvgIpc) is 2.23. The third-order valence-corrected chi connectivity index (χ3v) is 3.62. The Morgan fingerprint density at radius 3 is 2.50 bits per heavy atom. The Labute approximate surface area is 104 Å². The molecule has 2 rings (SSSR count). The number of hydrogen-bond acceptors (Lipinski definition) is 2. The van der Waals surface area contributed by atoms with Gasteiger partial charge in [0.05, 0.1) is 5.56 Å². The molecule has 5 heteroatoms. The Bertz CT molecular complexity index is 436. The topological polar surface area (TPSA) is 38.0 Å². The fourth-order valence-electron chi connectivity index (χ4n) is 2.22. The van der Waals surface area contributed by atoms with Crippen LogP contribution in [0.1, 0.15) is 31.7 Å². The van der Waals surface area contributed by atoms with Gasteiger partial charge < -0.3 is 11.1 Å². The van der Waals surface area contributed by atoms with Gasteiger partial charge in [-0.2, -0.15) is 13.2 Å². The number of halogens is 3. The number of alkyl halides is 3. The zero-order valence-corrected chi connectivity index (χ0v) is 10.3. The molecular formula is C13H17F3N2. The molecule has 1 aliphatic carbocycles. The second-order valence-corrected chi connectivity index (χ2v) is 5.32. The Kier molecular flexibility index (Phi) is 3.17. The molecule has 0 aromatic heterocycles. The molecule has 1 aliphatic rings. The Hall–Kier alpha value is -1.39. The van der Waals surface area contributed by atoms with Crippen LogP contribution >= 0.6 is 0 Å². The van der Waals surface area contributed by atoms with Crippen LogP contribution in [0.3, 0.4) is 0 Å². The highest BCUT2D eigenvalue weighted by molar-refractivity contribution is 5.59. The smallest absolute Gasteiger partial charge is 0.399 e. The molecule has 0 amide bonds. The molecule has 3 N–H and O–H groups in total. The molecular weight excluding hydrogens is 241 g/mol. The molecule has 2 nitrogen and oxygen atoms in total. The molecule has 0 unspecified atom stereocenters. The van der Waals surface area contributed by atoms with E-state index in [1.54, 1.807) is 0 Å². The van der Waals surface area contributed by atoms with E-state index in [1.165, 1.54) is 12.1 Å². The van der Waals surface area contributed by atoms with Crippen molar-refractivity contribution in [1.82, 2.24) is 0 Å². The minimum absolute atomic E-state index is 0.116. The van der Waals surface area contributed by atoms with Crippen molar-refractivity contribution in [2.24, 2.45) is 5.41 Å². The van der Waals surface area contributed by atoms with E-state index < -0.39 is 11.7 Å². The third-order valence-electron chi connectivity index (χ3n) is 3.62. The van der Waals surface area contributed by atoms with Gasteiger partial charge in [0, 0.05) is 17.9 Å². The standard InChI is InChI=1S/C13H17F3N2/c1-12(5-2-6-12)8-18-11-4-3-9(17)7-10(11)13(14,15)16/h3-4,7,18H,2,5-6,8,17H2,1H3. The SMILES string of the molecule is CC1(CNc2ccc(N)cc2C(F)(F)F)CCC1. The largest absolute Gasteiger partial charge is 0.418 e. The number of benzene rings is 1. The summed E-state index contributed by atoms with van der Waals surface area (Å²) in [4.78, 5) is 0. The fraction of sp³-hybridized carbons (Fsp3) is 0.538.